The average Bonchev–Trinajstić information content (AvgIpc) is 3.05. The molecule has 4 heteroatoms. The lowest BCUT2D eigenvalue weighted by molar-refractivity contribution is -0.121. The molecular formula is C18H23N3O. The van der Waals surface area contributed by atoms with E-state index >= 15 is 0 Å². The molecule has 1 aromatic carbocycles. The van der Waals surface area contributed by atoms with Gasteiger partial charge in [-0.2, -0.15) is 5.10 Å². The van der Waals surface area contributed by atoms with Gasteiger partial charge in [-0.25, -0.2) is 4.68 Å². The van der Waals surface area contributed by atoms with Gasteiger partial charge < -0.3 is 5.32 Å². The van der Waals surface area contributed by atoms with E-state index in [2.05, 4.69) is 17.3 Å². The van der Waals surface area contributed by atoms with Gasteiger partial charge in [0.15, 0.2) is 0 Å². The molecule has 1 saturated carbocycles. The van der Waals surface area contributed by atoms with Crippen LogP contribution in [-0.2, 0) is 11.2 Å². The van der Waals surface area contributed by atoms with E-state index in [0.29, 0.717) is 18.4 Å². The zero-order valence-electron chi connectivity index (χ0n) is 13.0. The second-order valence-corrected chi connectivity index (χ2v) is 6.23. The fourth-order valence-corrected chi connectivity index (χ4v) is 3.16. The first-order valence-corrected chi connectivity index (χ1v) is 8.11. The van der Waals surface area contributed by atoms with E-state index in [1.54, 1.807) is 6.20 Å². The number of carbonyl (C=O) groups is 1. The number of hydrogen-bond donors (Lipinski definition) is 1. The van der Waals surface area contributed by atoms with Gasteiger partial charge in [0.05, 0.1) is 12.1 Å². The fourth-order valence-electron chi connectivity index (χ4n) is 3.16. The van der Waals surface area contributed by atoms with Gasteiger partial charge in [0.1, 0.15) is 0 Å². The second kappa shape index (κ2) is 6.77. The second-order valence-electron chi connectivity index (χ2n) is 6.23. The van der Waals surface area contributed by atoms with Crippen molar-refractivity contribution in [3.05, 3.63) is 48.3 Å². The Bertz CT molecular complexity index is 604. The third-order valence-electron chi connectivity index (χ3n) is 4.53. The Morgan fingerprint density at radius 3 is 2.73 bits per heavy atom. The molecule has 0 aliphatic heterocycles. The lowest BCUT2D eigenvalue weighted by atomic mass is 9.86. The van der Waals surface area contributed by atoms with E-state index in [0.717, 1.165) is 17.7 Å². The summed E-state index contributed by atoms with van der Waals surface area (Å²) in [5.74, 6) is 0.727. The number of aromatic nitrogens is 2. The van der Waals surface area contributed by atoms with Crippen LogP contribution in [0.4, 0.5) is 0 Å². The van der Waals surface area contributed by atoms with Crippen molar-refractivity contribution >= 4 is 5.91 Å². The molecule has 2 atom stereocenters. The van der Waals surface area contributed by atoms with Gasteiger partial charge in [-0.1, -0.05) is 31.9 Å². The minimum atomic E-state index is 0.130. The van der Waals surface area contributed by atoms with Crippen LogP contribution in [0.5, 0.6) is 0 Å². The Morgan fingerprint density at radius 1 is 1.27 bits per heavy atom. The minimum absolute atomic E-state index is 0.130. The van der Waals surface area contributed by atoms with E-state index in [9.17, 15) is 4.79 Å². The number of benzene rings is 1. The largest absolute Gasteiger partial charge is 0.353 e. The Balaban J connectivity index is 1.57. The van der Waals surface area contributed by atoms with Crippen LogP contribution in [0.2, 0.25) is 0 Å². The number of nitrogens with one attached hydrogen (secondary N) is 1. The minimum Gasteiger partial charge on any atom is -0.353 e. The highest BCUT2D eigenvalue weighted by Crippen LogP contribution is 2.23. The fraction of sp³-hybridized carbons (Fsp3) is 0.444. The van der Waals surface area contributed by atoms with Crippen LogP contribution in [0.15, 0.2) is 42.7 Å². The smallest absolute Gasteiger partial charge is 0.224 e. The number of amides is 1. The Kier molecular flexibility index (Phi) is 4.56. The van der Waals surface area contributed by atoms with Crippen LogP contribution in [0.3, 0.4) is 0 Å². The lowest BCUT2D eigenvalue weighted by Crippen LogP contribution is -2.41. The van der Waals surface area contributed by atoms with Crippen molar-refractivity contribution in [1.29, 1.82) is 0 Å². The van der Waals surface area contributed by atoms with Crippen molar-refractivity contribution in [1.82, 2.24) is 15.1 Å². The predicted molar refractivity (Wildman–Crippen MR) is 86.8 cm³/mol. The molecule has 1 fully saturated rings. The summed E-state index contributed by atoms with van der Waals surface area (Å²) >= 11 is 0. The first-order chi connectivity index (χ1) is 10.7. The third-order valence-corrected chi connectivity index (χ3v) is 4.53. The molecule has 1 heterocycles. The predicted octanol–water partition coefficient (Wildman–Crippen LogP) is 3.11. The summed E-state index contributed by atoms with van der Waals surface area (Å²) in [4.78, 5) is 12.2. The highest BCUT2D eigenvalue weighted by Gasteiger charge is 2.22. The zero-order valence-corrected chi connectivity index (χ0v) is 13.0. The Labute approximate surface area is 131 Å². The van der Waals surface area contributed by atoms with Gasteiger partial charge in [0, 0.05) is 18.4 Å². The first kappa shape index (κ1) is 14.8. The Hall–Kier alpha value is -2.10. The van der Waals surface area contributed by atoms with E-state index in [1.807, 2.05) is 41.2 Å². The molecule has 116 valence electrons. The summed E-state index contributed by atoms with van der Waals surface area (Å²) in [7, 11) is 0. The first-order valence-electron chi connectivity index (χ1n) is 8.11. The maximum absolute atomic E-state index is 12.2. The van der Waals surface area contributed by atoms with Crippen LogP contribution < -0.4 is 5.32 Å². The molecule has 2 aromatic rings. The molecule has 0 unspecified atom stereocenters. The van der Waals surface area contributed by atoms with Crippen LogP contribution in [0.1, 0.15) is 38.2 Å². The summed E-state index contributed by atoms with van der Waals surface area (Å²) in [5, 5.41) is 7.40. The van der Waals surface area contributed by atoms with Gasteiger partial charge in [-0.05, 0) is 42.5 Å². The van der Waals surface area contributed by atoms with Crippen molar-refractivity contribution in [2.75, 3.05) is 0 Å². The summed E-state index contributed by atoms with van der Waals surface area (Å²) < 4.78 is 1.81. The third kappa shape index (κ3) is 3.56. The van der Waals surface area contributed by atoms with E-state index in [1.165, 1.54) is 19.3 Å². The Morgan fingerprint density at radius 2 is 2.05 bits per heavy atom. The highest BCUT2D eigenvalue weighted by molar-refractivity contribution is 5.79. The summed E-state index contributed by atoms with van der Waals surface area (Å²) in [6.45, 7) is 2.24. The molecule has 4 nitrogen and oxygen atoms in total. The van der Waals surface area contributed by atoms with E-state index in [4.69, 9.17) is 0 Å². The molecule has 1 aliphatic carbocycles. The van der Waals surface area contributed by atoms with Gasteiger partial charge in [0.25, 0.3) is 0 Å². The SMILES string of the molecule is C[C@@H]1CCCC[C@H]1NC(=O)Cc1ccc(-n2cccn2)cc1. The number of rotatable bonds is 4. The van der Waals surface area contributed by atoms with Gasteiger partial charge >= 0.3 is 0 Å². The van der Waals surface area contributed by atoms with Crippen LogP contribution in [0.25, 0.3) is 5.69 Å². The summed E-state index contributed by atoms with van der Waals surface area (Å²) in [5.41, 5.74) is 2.05. The van der Waals surface area contributed by atoms with Crippen molar-refractivity contribution in [2.24, 2.45) is 5.92 Å². The number of nitrogens with zero attached hydrogens (tertiary/aromatic N) is 2. The van der Waals surface area contributed by atoms with Crippen molar-refractivity contribution in [3.8, 4) is 5.69 Å². The standard InChI is InChI=1S/C18H23N3O/c1-14-5-2-3-6-17(14)20-18(22)13-15-7-9-16(10-8-15)21-12-4-11-19-21/h4,7-12,14,17H,2-3,5-6,13H2,1H3,(H,20,22)/t14-,17-/m1/s1. The number of hydrogen-bond acceptors (Lipinski definition) is 2. The van der Waals surface area contributed by atoms with Crippen LogP contribution in [-0.4, -0.2) is 21.7 Å². The highest BCUT2D eigenvalue weighted by atomic mass is 16.1. The maximum Gasteiger partial charge on any atom is 0.224 e. The summed E-state index contributed by atoms with van der Waals surface area (Å²) in [6.07, 6.45) is 8.98. The molecule has 0 bridgehead atoms. The quantitative estimate of drug-likeness (QED) is 0.942. The molecule has 0 radical (unpaired) electrons. The average molecular weight is 297 g/mol. The van der Waals surface area contributed by atoms with Crippen LogP contribution in [0, 0.1) is 5.92 Å². The number of carbonyl (C=O) groups excluding carboxylic acids is 1. The molecule has 1 aliphatic rings. The molecule has 1 amide bonds. The van der Waals surface area contributed by atoms with E-state index < -0.39 is 0 Å². The monoisotopic (exact) mass is 297 g/mol. The molecule has 0 spiro atoms. The molecule has 1 N–H and O–H groups in total. The topological polar surface area (TPSA) is 46.9 Å². The van der Waals surface area contributed by atoms with Gasteiger partial charge in [-0.3, -0.25) is 4.79 Å². The molecule has 22 heavy (non-hydrogen) atoms. The van der Waals surface area contributed by atoms with Crippen molar-refractivity contribution < 1.29 is 4.79 Å². The van der Waals surface area contributed by atoms with Crippen molar-refractivity contribution in [2.45, 2.75) is 45.1 Å². The molecule has 3 rings (SSSR count). The summed E-state index contributed by atoms with van der Waals surface area (Å²) in [6, 6.07) is 10.2. The van der Waals surface area contributed by atoms with Gasteiger partial charge in [-0.15, -0.1) is 0 Å². The zero-order chi connectivity index (χ0) is 15.4. The normalized spacial score (nSPS) is 21.5. The molecule has 0 saturated heterocycles. The molecular weight excluding hydrogens is 274 g/mol. The lowest BCUT2D eigenvalue weighted by Gasteiger charge is -2.29. The van der Waals surface area contributed by atoms with Crippen molar-refractivity contribution in [3.63, 3.8) is 0 Å². The van der Waals surface area contributed by atoms with Crippen LogP contribution >= 0.6 is 0 Å². The van der Waals surface area contributed by atoms with Gasteiger partial charge in [0.2, 0.25) is 5.91 Å². The maximum atomic E-state index is 12.2. The van der Waals surface area contributed by atoms with E-state index in [-0.39, 0.29) is 5.91 Å². The molecule has 1 aromatic heterocycles.